The number of anilines is 2. The summed E-state index contributed by atoms with van der Waals surface area (Å²) in [6.45, 7) is 3.81. The molecule has 0 aliphatic heterocycles. The molecule has 0 spiro atoms. The molecule has 2 aromatic rings. The monoisotopic (exact) mass is 506 g/mol. The van der Waals surface area contributed by atoms with Gasteiger partial charge >= 0.3 is 0 Å². The molecule has 0 aliphatic carbocycles. The van der Waals surface area contributed by atoms with Gasteiger partial charge in [-0.3, -0.25) is 9.63 Å². The maximum Gasteiger partial charge on any atom is 0.277 e. The van der Waals surface area contributed by atoms with Crippen LogP contribution in [0.1, 0.15) is 35.7 Å². The van der Waals surface area contributed by atoms with Gasteiger partial charge in [0.2, 0.25) is 0 Å². The quantitative estimate of drug-likeness (QED) is 0.350. The van der Waals surface area contributed by atoms with Crippen molar-refractivity contribution >= 4 is 51.5 Å². The van der Waals surface area contributed by atoms with Crippen LogP contribution in [0, 0.1) is 16.3 Å². The summed E-state index contributed by atoms with van der Waals surface area (Å²) in [5, 5.41) is 12.6. The van der Waals surface area contributed by atoms with Crippen molar-refractivity contribution in [3.8, 4) is 0 Å². The van der Waals surface area contributed by atoms with Gasteiger partial charge in [0.05, 0.1) is 22.4 Å². The third-order valence-electron chi connectivity index (χ3n) is 3.83. The van der Waals surface area contributed by atoms with E-state index in [0.717, 1.165) is 21.2 Å². The Labute approximate surface area is 176 Å². The molecule has 1 amide bonds. The molecule has 0 aromatic heterocycles. The zero-order chi connectivity index (χ0) is 20.0. The first kappa shape index (κ1) is 21.9. The van der Waals surface area contributed by atoms with Crippen molar-refractivity contribution in [1.82, 2.24) is 5.48 Å². The lowest BCUT2D eigenvalue weighted by atomic mass is 10.1. The van der Waals surface area contributed by atoms with Gasteiger partial charge in [0, 0.05) is 9.26 Å². The summed E-state index contributed by atoms with van der Waals surface area (Å²) in [5.74, 6) is -1.23. The first-order chi connectivity index (χ1) is 12.8. The van der Waals surface area contributed by atoms with E-state index >= 15 is 0 Å². The Kier molecular flexibility index (Phi) is 8.28. The highest BCUT2D eigenvalue weighted by atomic mass is 127. The second kappa shape index (κ2) is 10.2. The van der Waals surface area contributed by atoms with Gasteiger partial charge in [-0.25, -0.2) is 9.87 Å². The van der Waals surface area contributed by atoms with E-state index in [1.165, 1.54) is 12.1 Å². The Balaban J connectivity index is 2.19. The van der Waals surface area contributed by atoms with Crippen molar-refractivity contribution < 1.29 is 19.1 Å². The molecule has 27 heavy (non-hydrogen) atoms. The number of amides is 1. The molecule has 0 aliphatic rings. The molecular formula is C19H21ClFIN2O3. The van der Waals surface area contributed by atoms with E-state index < -0.39 is 17.8 Å². The Morgan fingerprint density at radius 1 is 1.33 bits per heavy atom. The van der Waals surface area contributed by atoms with Crippen LogP contribution >= 0.6 is 34.2 Å². The van der Waals surface area contributed by atoms with Crippen LogP contribution in [-0.2, 0) is 4.84 Å². The van der Waals surface area contributed by atoms with Gasteiger partial charge < -0.3 is 10.4 Å². The summed E-state index contributed by atoms with van der Waals surface area (Å²) < 4.78 is 15.0. The van der Waals surface area contributed by atoms with Crippen LogP contribution in [0.4, 0.5) is 15.8 Å². The van der Waals surface area contributed by atoms with Crippen molar-refractivity contribution in [1.29, 1.82) is 0 Å². The van der Waals surface area contributed by atoms with Crippen LogP contribution in [0.3, 0.4) is 0 Å². The SMILES string of the molecule is CCCC(O)CONC(=O)c1cc(Cl)c(F)cc1Nc1ccc(I)cc1C. The summed E-state index contributed by atoms with van der Waals surface area (Å²) in [4.78, 5) is 17.5. The Hall–Kier alpha value is -1.42. The maximum atomic E-state index is 14.0. The number of hydrogen-bond donors (Lipinski definition) is 3. The van der Waals surface area contributed by atoms with Crippen molar-refractivity contribution in [2.45, 2.75) is 32.8 Å². The average molecular weight is 507 g/mol. The topological polar surface area (TPSA) is 70.6 Å². The van der Waals surface area contributed by atoms with Crippen LogP contribution in [0.25, 0.3) is 0 Å². The second-order valence-electron chi connectivity index (χ2n) is 6.08. The van der Waals surface area contributed by atoms with Crippen molar-refractivity contribution in [2.24, 2.45) is 0 Å². The van der Waals surface area contributed by atoms with Gasteiger partial charge in [-0.05, 0) is 71.8 Å². The zero-order valence-corrected chi connectivity index (χ0v) is 17.9. The van der Waals surface area contributed by atoms with E-state index in [2.05, 4.69) is 33.4 Å². The molecule has 2 rings (SSSR count). The van der Waals surface area contributed by atoms with E-state index in [4.69, 9.17) is 16.4 Å². The van der Waals surface area contributed by atoms with Gasteiger partial charge in [0.1, 0.15) is 12.4 Å². The molecule has 146 valence electrons. The van der Waals surface area contributed by atoms with Crippen LogP contribution in [-0.4, -0.2) is 23.7 Å². The number of benzene rings is 2. The molecule has 0 heterocycles. The normalized spacial score (nSPS) is 11.9. The van der Waals surface area contributed by atoms with E-state index in [-0.39, 0.29) is 22.9 Å². The lowest BCUT2D eigenvalue weighted by Crippen LogP contribution is -2.29. The zero-order valence-electron chi connectivity index (χ0n) is 15.0. The molecule has 0 radical (unpaired) electrons. The summed E-state index contributed by atoms with van der Waals surface area (Å²) in [6, 6.07) is 8.12. The smallest absolute Gasteiger partial charge is 0.277 e. The number of aryl methyl sites for hydroxylation is 1. The van der Waals surface area contributed by atoms with Crippen LogP contribution in [0.15, 0.2) is 30.3 Å². The summed E-state index contributed by atoms with van der Waals surface area (Å²) >= 11 is 8.05. The third-order valence-corrected chi connectivity index (χ3v) is 4.79. The van der Waals surface area contributed by atoms with Gasteiger partial charge in [0.25, 0.3) is 5.91 Å². The minimum atomic E-state index is -0.667. The van der Waals surface area contributed by atoms with E-state index in [1.807, 2.05) is 32.0 Å². The highest BCUT2D eigenvalue weighted by molar-refractivity contribution is 14.1. The predicted molar refractivity (Wildman–Crippen MR) is 113 cm³/mol. The van der Waals surface area contributed by atoms with E-state index in [9.17, 15) is 14.3 Å². The Bertz CT molecular complexity index is 820. The van der Waals surface area contributed by atoms with Crippen molar-refractivity contribution in [3.63, 3.8) is 0 Å². The third kappa shape index (κ3) is 6.31. The van der Waals surface area contributed by atoms with Crippen LogP contribution < -0.4 is 10.8 Å². The molecule has 0 saturated carbocycles. The number of nitrogens with one attached hydrogen (secondary N) is 2. The number of hydrogen-bond acceptors (Lipinski definition) is 4. The first-order valence-corrected chi connectivity index (χ1v) is 9.90. The summed E-state index contributed by atoms with van der Waals surface area (Å²) in [5.41, 5.74) is 4.34. The van der Waals surface area contributed by atoms with Crippen molar-refractivity contribution in [3.05, 3.63) is 55.9 Å². The largest absolute Gasteiger partial charge is 0.391 e. The molecule has 1 atom stereocenters. The molecule has 0 saturated heterocycles. The number of aliphatic hydroxyl groups is 1. The number of hydroxylamine groups is 1. The van der Waals surface area contributed by atoms with E-state index in [1.54, 1.807) is 0 Å². The molecule has 0 fully saturated rings. The number of carbonyl (C=O) groups excluding carboxylic acids is 1. The number of rotatable bonds is 8. The molecule has 3 N–H and O–H groups in total. The van der Waals surface area contributed by atoms with Crippen LogP contribution in [0.2, 0.25) is 5.02 Å². The highest BCUT2D eigenvalue weighted by Crippen LogP contribution is 2.29. The van der Waals surface area contributed by atoms with Gasteiger partial charge in [0.15, 0.2) is 0 Å². The fourth-order valence-corrected chi connectivity index (χ4v) is 3.24. The Morgan fingerprint density at radius 3 is 2.74 bits per heavy atom. The van der Waals surface area contributed by atoms with Crippen molar-refractivity contribution in [2.75, 3.05) is 11.9 Å². The molecule has 0 bridgehead atoms. The first-order valence-electron chi connectivity index (χ1n) is 8.44. The van der Waals surface area contributed by atoms with Gasteiger partial charge in [-0.15, -0.1) is 0 Å². The lowest BCUT2D eigenvalue weighted by Gasteiger charge is -2.16. The molecule has 5 nitrogen and oxygen atoms in total. The number of aliphatic hydroxyl groups excluding tert-OH is 1. The number of halogens is 3. The minimum absolute atomic E-state index is 0.0342. The fraction of sp³-hybridized carbons (Fsp3) is 0.316. The molecule has 8 heteroatoms. The molecular weight excluding hydrogens is 486 g/mol. The molecule has 2 aromatic carbocycles. The standard InChI is InChI=1S/C19H21ClFIN2O3/c1-3-4-13(25)10-27-24-19(26)14-8-15(20)16(21)9-18(14)23-17-6-5-12(22)7-11(17)2/h5-9,13,23,25H,3-4,10H2,1-2H3,(H,24,26). The summed E-state index contributed by atoms with van der Waals surface area (Å²) in [6.07, 6.45) is 0.700. The highest BCUT2D eigenvalue weighted by Gasteiger charge is 2.17. The summed E-state index contributed by atoms with van der Waals surface area (Å²) in [7, 11) is 0. The van der Waals surface area contributed by atoms with E-state index in [0.29, 0.717) is 6.42 Å². The lowest BCUT2D eigenvalue weighted by molar-refractivity contribution is -0.0149. The number of carbonyl (C=O) groups is 1. The molecule has 1 unspecified atom stereocenters. The minimum Gasteiger partial charge on any atom is -0.391 e. The predicted octanol–water partition coefficient (Wildman–Crippen LogP) is 4.96. The average Bonchev–Trinajstić information content (AvgIpc) is 2.60. The van der Waals surface area contributed by atoms with Gasteiger partial charge in [-0.1, -0.05) is 24.9 Å². The van der Waals surface area contributed by atoms with Gasteiger partial charge in [-0.2, -0.15) is 0 Å². The van der Waals surface area contributed by atoms with Crippen LogP contribution in [0.5, 0.6) is 0 Å². The second-order valence-corrected chi connectivity index (χ2v) is 7.73. The Morgan fingerprint density at radius 2 is 2.07 bits per heavy atom. The maximum absolute atomic E-state index is 14.0. The fourth-order valence-electron chi connectivity index (χ4n) is 2.43.